The summed E-state index contributed by atoms with van der Waals surface area (Å²) in [7, 11) is 1.81. The fourth-order valence-corrected chi connectivity index (χ4v) is 2.84. The molecule has 3 rings (SSSR count). The number of rotatable bonds is 2. The number of benzene rings is 1. The second-order valence-corrected chi connectivity index (χ2v) is 5.80. The van der Waals surface area contributed by atoms with Crippen LogP contribution in [-0.2, 0) is 7.05 Å². The summed E-state index contributed by atoms with van der Waals surface area (Å²) in [5, 5.41) is 4.70. The molecular formula is C14H10BrClN4O. The Morgan fingerprint density at radius 1 is 1.33 bits per heavy atom. The van der Waals surface area contributed by atoms with Crippen LogP contribution in [0.2, 0.25) is 5.02 Å². The molecule has 21 heavy (non-hydrogen) atoms. The number of halogens is 2. The van der Waals surface area contributed by atoms with Crippen molar-refractivity contribution in [1.29, 1.82) is 0 Å². The average molecular weight is 366 g/mol. The van der Waals surface area contributed by atoms with E-state index in [9.17, 15) is 4.79 Å². The Morgan fingerprint density at radius 2 is 2.14 bits per heavy atom. The highest BCUT2D eigenvalue weighted by Gasteiger charge is 2.10. The van der Waals surface area contributed by atoms with E-state index < -0.39 is 0 Å². The van der Waals surface area contributed by atoms with Crippen LogP contribution in [0.3, 0.4) is 0 Å². The van der Waals surface area contributed by atoms with Gasteiger partial charge in [0, 0.05) is 39.9 Å². The first-order chi connectivity index (χ1) is 10.0. The predicted molar refractivity (Wildman–Crippen MR) is 85.2 cm³/mol. The van der Waals surface area contributed by atoms with E-state index in [4.69, 9.17) is 11.6 Å². The molecule has 106 valence electrons. The first-order valence-corrected chi connectivity index (χ1v) is 7.26. The molecule has 7 heteroatoms. The molecule has 1 aromatic carbocycles. The third-order valence-corrected chi connectivity index (χ3v) is 3.82. The first-order valence-electron chi connectivity index (χ1n) is 6.09. The lowest BCUT2D eigenvalue weighted by Crippen LogP contribution is -2.08. The zero-order chi connectivity index (χ0) is 15.0. The summed E-state index contributed by atoms with van der Waals surface area (Å²) in [5.41, 5.74) is 1.90. The van der Waals surface area contributed by atoms with E-state index in [1.54, 1.807) is 29.1 Å². The van der Waals surface area contributed by atoms with Crippen LogP contribution in [0.15, 0.2) is 45.9 Å². The smallest absolute Gasteiger partial charge is 0.251 e. The lowest BCUT2D eigenvalue weighted by molar-refractivity contribution is 0.768. The molecule has 0 bridgehead atoms. The standard InChI is InChI=1S/C14H10BrClN4O/c1-20-7-8(6-17-20)12-5-13(21)19-14(18-12)10-3-2-9(16)4-11(10)15/h2-7H,1H3,(H,18,19,21). The van der Waals surface area contributed by atoms with Gasteiger partial charge < -0.3 is 4.98 Å². The van der Waals surface area contributed by atoms with Crippen molar-refractivity contribution >= 4 is 27.5 Å². The third-order valence-electron chi connectivity index (χ3n) is 2.93. The largest absolute Gasteiger partial charge is 0.306 e. The minimum absolute atomic E-state index is 0.222. The number of hydrogen-bond acceptors (Lipinski definition) is 3. The summed E-state index contributed by atoms with van der Waals surface area (Å²) in [6.45, 7) is 0. The summed E-state index contributed by atoms with van der Waals surface area (Å²) in [4.78, 5) is 19.1. The Bertz CT molecular complexity index is 871. The number of nitrogens with one attached hydrogen (secondary N) is 1. The number of H-pyrrole nitrogens is 1. The first kappa shape index (κ1) is 14.0. The molecule has 5 nitrogen and oxygen atoms in total. The number of aromatic nitrogens is 4. The normalized spacial score (nSPS) is 10.8. The van der Waals surface area contributed by atoms with Gasteiger partial charge in [-0.1, -0.05) is 11.6 Å². The van der Waals surface area contributed by atoms with Crippen molar-refractivity contribution < 1.29 is 0 Å². The van der Waals surface area contributed by atoms with E-state index in [-0.39, 0.29) is 5.56 Å². The van der Waals surface area contributed by atoms with Crippen molar-refractivity contribution in [3.63, 3.8) is 0 Å². The molecule has 2 heterocycles. The quantitative estimate of drug-likeness (QED) is 0.758. The number of aryl methyl sites for hydroxylation is 1. The van der Waals surface area contributed by atoms with Crippen LogP contribution in [0, 0.1) is 0 Å². The maximum absolute atomic E-state index is 11.9. The molecule has 0 aliphatic carbocycles. The van der Waals surface area contributed by atoms with E-state index in [0.29, 0.717) is 16.5 Å². The van der Waals surface area contributed by atoms with Crippen LogP contribution in [0.5, 0.6) is 0 Å². The average Bonchev–Trinajstić information content (AvgIpc) is 2.84. The van der Waals surface area contributed by atoms with Crippen molar-refractivity contribution in [2.24, 2.45) is 7.05 Å². The Kier molecular flexibility index (Phi) is 3.65. The fraction of sp³-hybridized carbons (Fsp3) is 0.0714. The molecule has 0 aliphatic heterocycles. The molecule has 0 fully saturated rings. The van der Waals surface area contributed by atoms with E-state index in [2.05, 4.69) is 31.0 Å². The van der Waals surface area contributed by atoms with Crippen molar-refractivity contribution in [1.82, 2.24) is 19.7 Å². The SMILES string of the molecule is Cn1cc(-c2cc(=O)[nH]c(-c3ccc(Cl)cc3Br)n2)cn1. The van der Waals surface area contributed by atoms with Crippen LogP contribution < -0.4 is 5.56 Å². The zero-order valence-electron chi connectivity index (χ0n) is 11.0. The topological polar surface area (TPSA) is 63.6 Å². The number of hydrogen-bond donors (Lipinski definition) is 1. The van der Waals surface area contributed by atoms with Gasteiger partial charge in [-0.25, -0.2) is 4.98 Å². The molecule has 0 unspecified atom stereocenters. The highest BCUT2D eigenvalue weighted by atomic mass is 79.9. The Balaban J connectivity index is 2.16. The van der Waals surface area contributed by atoms with Gasteiger partial charge in [0.25, 0.3) is 5.56 Å². The van der Waals surface area contributed by atoms with Crippen molar-refractivity contribution in [2.75, 3.05) is 0 Å². The van der Waals surface area contributed by atoms with E-state index in [1.165, 1.54) is 6.07 Å². The number of nitrogens with zero attached hydrogens (tertiary/aromatic N) is 3. The van der Waals surface area contributed by atoms with Crippen LogP contribution in [0.25, 0.3) is 22.6 Å². The summed E-state index contributed by atoms with van der Waals surface area (Å²) in [6, 6.07) is 6.76. The van der Waals surface area contributed by atoms with E-state index in [1.807, 2.05) is 13.2 Å². The van der Waals surface area contributed by atoms with Crippen molar-refractivity contribution in [3.05, 3.63) is 56.5 Å². The Hall–Kier alpha value is -1.92. The van der Waals surface area contributed by atoms with Crippen LogP contribution in [0.1, 0.15) is 0 Å². The van der Waals surface area contributed by atoms with Gasteiger partial charge in [-0.3, -0.25) is 9.48 Å². The van der Waals surface area contributed by atoms with Gasteiger partial charge in [0.05, 0.1) is 11.9 Å². The summed E-state index contributed by atoms with van der Waals surface area (Å²) in [6.07, 6.45) is 3.48. The Labute approximate surface area is 133 Å². The molecule has 0 amide bonds. The zero-order valence-corrected chi connectivity index (χ0v) is 13.3. The minimum Gasteiger partial charge on any atom is -0.306 e. The summed E-state index contributed by atoms with van der Waals surface area (Å²) in [5.74, 6) is 0.477. The minimum atomic E-state index is -0.222. The second kappa shape index (κ2) is 5.46. The lowest BCUT2D eigenvalue weighted by Gasteiger charge is -2.06. The monoisotopic (exact) mass is 364 g/mol. The van der Waals surface area contributed by atoms with Gasteiger partial charge in [-0.2, -0.15) is 5.10 Å². The highest BCUT2D eigenvalue weighted by Crippen LogP contribution is 2.28. The van der Waals surface area contributed by atoms with Crippen LogP contribution in [0.4, 0.5) is 0 Å². The maximum Gasteiger partial charge on any atom is 0.251 e. The Morgan fingerprint density at radius 3 is 2.81 bits per heavy atom. The van der Waals surface area contributed by atoms with Crippen molar-refractivity contribution in [2.45, 2.75) is 0 Å². The molecule has 2 aromatic heterocycles. The molecule has 0 saturated carbocycles. The van der Waals surface area contributed by atoms with Gasteiger partial charge in [-0.05, 0) is 34.1 Å². The summed E-state index contributed by atoms with van der Waals surface area (Å²) >= 11 is 9.36. The van der Waals surface area contributed by atoms with E-state index >= 15 is 0 Å². The van der Waals surface area contributed by atoms with Crippen LogP contribution in [-0.4, -0.2) is 19.7 Å². The molecule has 1 N–H and O–H groups in total. The molecule has 3 aromatic rings. The number of aromatic amines is 1. The van der Waals surface area contributed by atoms with E-state index in [0.717, 1.165) is 15.6 Å². The highest BCUT2D eigenvalue weighted by molar-refractivity contribution is 9.10. The molecule has 0 atom stereocenters. The maximum atomic E-state index is 11.9. The van der Waals surface area contributed by atoms with Gasteiger partial charge in [0.2, 0.25) is 0 Å². The van der Waals surface area contributed by atoms with Gasteiger partial charge in [0.15, 0.2) is 0 Å². The fourth-order valence-electron chi connectivity index (χ4n) is 1.97. The molecule has 0 radical (unpaired) electrons. The predicted octanol–water partition coefficient (Wildman–Crippen LogP) is 3.25. The summed E-state index contributed by atoms with van der Waals surface area (Å²) < 4.78 is 2.43. The van der Waals surface area contributed by atoms with Gasteiger partial charge >= 0.3 is 0 Å². The van der Waals surface area contributed by atoms with Crippen molar-refractivity contribution in [3.8, 4) is 22.6 Å². The lowest BCUT2D eigenvalue weighted by atomic mass is 10.2. The third kappa shape index (κ3) is 2.91. The molecule has 0 spiro atoms. The molecule has 0 aliphatic rings. The van der Waals surface area contributed by atoms with Gasteiger partial charge in [-0.15, -0.1) is 0 Å². The molecular weight excluding hydrogens is 356 g/mol. The van der Waals surface area contributed by atoms with Gasteiger partial charge in [0.1, 0.15) is 5.82 Å². The molecule has 0 saturated heterocycles. The second-order valence-electron chi connectivity index (χ2n) is 4.51. The van der Waals surface area contributed by atoms with Crippen LogP contribution >= 0.6 is 27.5 Å².